The van der Waals surface area contributed by atoms with Crippen molar-refractivity contribution in [1.82, 2.24) is 9.80 Å². The van der Waals surface area contributed by atoms with Gasteiger partial charge in [-0.25, -0.2) is 8.42 Å². The number of nitrogens with zero attached hydrogens (tertiary/aromatic N) is 2. The van der Waals surface area contributed by atoms with E-state index in [0.29, 0.717) is 25.2 Å². The van der Waals surface area contributed by atoms with Gasteiger partial charge >= 0.3 is 11.8 Å². The average molecular weight is 445 g/mol. The number of hydrogen-bond acceptors (Lipinski definition) is 6. The maximum absolute atomic E-state index is 12.9. The lowest BCUT2D eigenvalue weighted by Gasteiger charge is -2.28. The Morgan fingerprint density at radius 1 is 0.935 bits per heavy atom. The zero-order valence-corrected chi connectivity index (χ0v) is 18.6. The number of amides is 2. The van der Waals surface area contributed by atoms with Gasteiger partial charge in [0.2, 0.25) is 0 Å². The van der Waals surface area contributed by atoms with Crippen molar-refractivity contribution in [2.24, 2.45) is 0 Å². The summed E-state index contributed by atoms with van der Waals surface area (Å²) in [5.41, 5.74) is 2.28. The van der Waals surface area contributed by atoms with Crippen LogP contribution in [0, 0.1) is 0 Å². The molecule has 31 heavy (non-hydrogen) atoms. The van der Waals surface area contributed by atoms with Crippen LogP contribution in [0.4, 0.5) is 17.1 Å². The molecule has 0 spiro atoms. The zero-order valence-electron chi connectivity index (χ0n) is 17.7. The minimum Gasteiger partial charge on any atom is -0.356 e. The van der Waals surface area contributed by atoms with E-state index >= 15 is 0 Å². The first-order valence-electron chi connectivity index (χ1n) is 10.1. The van der Waals surface area contributed by atoms with Crippen LogP contribution < -0.4 is 10.6 Å². The molecule has 166 valence electrons. The van der Waals surface area contributed by atoms with Crippen LogP contribution in [-0.2, 0) is 19.4 Å². The van der Waals surface area contributed by atoms with E-state index in [4.69, 9.17) is 0 Å². The molecule has 0 bridgehead atoms. The third-order valence-electron chi connectivity index (χ3n) is 5.10. The summed E-state index contributed by atoms with van der Waals surface area (Å²) in [6, 6.07) is 16.2. The normalized spacial score (nSPS) is 17.3. The highest BCUT2D eigenvalue weighted by Gasteiger charge is 2.36. The van der Waals surface area contributed by atoms with Gasteiger partial charge in [0.15, 0.2) is 9.84 Å². The molecule has 8 nitrogen and oxygen atoms in total. The number of likely N-dealkylation sites (N-methyl/N-ethyl adjacent to an activating group) is 1. The molecule has 1 saturated heterocycles. The standard InChI is InChI=1S/C22H28N4O4S/c1-25(2)13-14-26(20-12-15-31(29,30)16-20)22(28)21(27)24-19-10-8-18(9-11-19)23-17-6-4-3-5-7-17/h3-11,20,23H,12-16H2,1-2H3,(H,24,27). The summed E-state index contributed by atoms with van der Waals surface area (Å²) < 4.78 is 23.8. The smallest absolute Gasteiger partial charge is 0.313 e. The molecule has 2 N–H and O–H groups in total. The van der Waals surface area contributed by atoms with Gasteiger partial charge in [-0.1, -0.05) is 18.2 Å². The van der Waals surface area contributed by atoms with Gasteiger partial charge in [-0.3, -0.25) is 9.59 Å². The fourth-order valence-electron chi connectivity index (χ4n) is 3.42. The summed E-state index contributed by atoms with van der Waals surface area (Å²) >= 11 is 0. The molecule has 2 aromatic rings. The molecular formula is C22H28N4O4S. The zero-order chi connectivity index (χ0) is 22.4. The van der Waals surface area contributed by atoms with Gasteiger partial charge in [0.1, 0.15) is 0 Å². The minimum atomic E-state index is -3.17. The summed E-state index contributed by atoms with van der Waals surface area (Å²) in [4.78, 5) is 28.7. The summed E-state index contributed by atoms with van der Waals surface area (Å²) in [7, 11) is 0.547. The van der Waals surface area contributed by atoms with Gasteiger partial charge in [-0.05, 0) is 56.9 Å². The second kappa shape index (κ2) is 9.93. The maximum Gasteiger partial charge on any atom is 0.313 e. The maximum atomic E-state index is 12.9. The number of rotatable bonds is 7. The van der Waals surface area contributed by atoms with Crippen LogP contribution in [0.1, 0.15) is 6.42 Å². The third kappa shape index (κ3) is 6.53. The molecule has 0 aromatic heterocycles. The topological polar surface area (TPSA) is 98.8 Å². The van der Waals surface area contributed by atoms with Crippen molar-refractivity contribution in [3.8, 4) is 0 Å². The van der Waals surface area contributed by atoms with Gasteiger partial charge in [0.25, 0.3) is 0 Å². The number of carbonyl (C=O) groups is 2. The van der Waals surface area contributed by atoms with Gasteiger partial charge in [-0.15, -0.1) is 0 Å². The van der Waals surface area contributed by atoms with Crippen molar-refractivity contribution in [2.75, 3.05) is 49.3 Å². The Morgan fingerprint density at radius 2 is 1.55 bits per heavy atom. The monoisotopic (exact) mass is 444 g/mol. The predicted octanol–water partition coefficient (Wildman–Crippen LogP) is 1.95. The molecule has 3 rings (SSSR count). The van der Waals surface area contributed by atoms with Crippen molar-refractivity contribution in [3.63, 3.8) is 0 Å². The first kappa shape index (κ1) is 22.8. The second-order valence-electron chi connectivity index (χ2n) is 7.88. The van der Waals surface area contributed by atoms with E-state index in [0.717, 1.165) is 11.4 Å². The number of para-hydroxylation sites is 1. The second-order valence-corrected chi connectivity index (χ2v) is 10.1. The highest BCUT2D eigenvalue weighted by molar-refractivity contribution is 7.91. The molecule has 0 radical (unpaired) electrons. The number of anilines is 3. The first-order valence-corrected chi connectivity index (χ1v) is 11.9. The molecule has 1 fully saturated rings. The summed E-state index contributed by atoms with van der Waals surface area (Å²) in [5, 5.41) is 5.87. The number of hydrogen-bond donors (Lipinski definition) is 2. The molecule has 2 amide bonds. The molecule has 0 saturated carbocycles. The lowest BCUT2D eigenvalue weighted by Crippen LogP contribution is -2.48. The Bertz CT molecular complexity index is 1010. The van der Waals surface area contributed by atoms with Gasteiger partial charge in [0.05, 0.1) is 11.5 Å². The first-order chi connectivity index (χ1) is 14.7. The Kier molecular flexibility index (Phi) is 7.29. The number of nitrogens with one attached hydrogen (secondary N) is 2. The predicted molar refractivity (Wildman–Crippen MR) is 122 cm³/mol. The van der Waals surface area contributed by atoms with Crippen molar-refractivity contribution < 1.29 is 18.0 Å². The highest BCUT2D eigenvalue weighted by Crippen LogP contribution is 2.20. The Morgan fingerprint density at radius 3 is 2.13 bits per heavy atom. The number of carbonyl (C=O) groups excluding carboxylic acids is 2. The van der Waals surface area contributed by atoms with Crippen LogP contribution >= 0.6 is 0 Å². The summed E-state index contributed by atoms with van der Waals surface area (Å²) in [6.07, 6.45) is 0.356. The fraction of sp³-hybridized carbons (Fsp3) is 0.364. The van der Waals surface area contributed by atoms with Gasteiger partial charge in [-0.2, -0.15) is 0 Å². The van der Waals surface area contributed by atoms with Crippen LogP contribution in [0.5, 0.6) is 0 Å². The summed E-state index contributed by atoms with van der Waals surface area (Å²) in [5.74, 6) is -1.54. The lowest BCUT2D eigenvalue weighted by molar-refractivity contribution is -0.144. The lowest BCUT2D eigenvalue weighted by atomic mass is 10.2. The fourth-order valence-corrected chi connectivity index (χ4v) is 5.15. The molecule has 1 aliphatic rings. The van der Waals surface area contributed by atoms with E-state index in [1.54, 1.807) is 24.3 Å². The quantitative estimate of drug-likeness (QED) is 0.634. The Hall–Kier alpha value is -2.91. The van der Waals surface area contributed by atoms with E-state index in [1.807, 2.05) is 49.3 Å². The number of benzene rings is 2. The van der Waals surface area contributed by atoms with E-state index < -0.39 is 27.7 Å². The van der Waals surface area contributed by atoms with Gasteiger partial charge in [0, 0.05) is 36.2 Å². The molecular weight excluding hydrogens is 416 g/mol. The van der Waals surface area contributed by atoms with Crippen LogP contribution in [-0.4, -0.2) is 74.8 Å². The van der Waals surface area contributed by atoms with Gasteiger partial charge < -0.3 is 20.4 Å². The largest absolute Gasteiger partial charge is 0.356 e. The van der Waals surface area contributed by atoms with Crippen molar-refractivity contribution in [1.29, 1.82) is 0 Å². The highest BCUT2D eigenvalue weighted by atomic mass is 32.2. The van der Waals surface area contributed by atoms with Crippen molar-refractivity contribution in [3.05, 3.63) is 54.6 Å². The Balaban J connectivity index is 1.64. The molecule has 2 aromatic carbocycles. The van der Waals surface area contributed by atoms with Crippen molar-refractivity contribution >= 4 is 38.7 Å². The third-order valence-corrected chi connectivity index (χ3v) is 6.85. The van der Waals surface area contributed by atoms with E-state index in [1.165, 1.54) is 4.90 Å². The molecule has 0 aliphatic carbocycles. The SMILES string of the molecule is CN(C)CCN(C(=O)C(=O)Nc1ccc(Nc2ccccc2)cc1)C1CCS(=O)(=O)C1. The van der Waals surface area contributed by atoms with E-state index in [-0.39, 0.29) is 11.5 Å². The molecule has 1 aliphatic heterocycles. The summed E-state index contributed by atoms with van der Waals surface area (Å²) in [6.45, 7) is 0.828. The van der Waals surface area contributed by atoms with E-state index in [2.05, 4.69) is 10.6 Å². The molecule has 1 unspecified atom stereocenters. The van der Waals surface area contributed by atoms with Crippen molar-refractivity contribution in [2.45, 2.75) is 12.5 Å². The molecule has 1 heterocycles. The van der Waals surface area contributed by atoms with Crippen LogP contribution in [0.25, 0.3) is 0 Å². The Labute approximate surface area is 183 Å². The average Bonchev–Trinajstić information content (AvgIpc) is 3.09. The van der Waals surface area contributed by atoms with E-state index in [9.17, 15) is 18.0 Å². The minimum absolute atomic E-state index is 0.0426. The van der Waals surface area contributed by atoms with Crippen LogP contribution in [0.2, 0.25) is 0 Å². The van der Waals surface area contributed by atoms with Crippen LogP contribution in [0.3, 0.4) is 0 Å². The molecule has 1 atom stereocenters. The number of sulfone groups is 1. The van der Waals surface area contributed by atoms with Crippen LogP contribution in [0.15, 0.2) is 54.6 Å². The molecule has 9 heteroatoms.